The van der Waals surface area contributed by atoms with E-state index in [9.17, 15) is 0 Å². The first-order valence-electron chi connectivity index (χ1n) is 6.51. The Bertz CT molecular complexity index is 459. The summed E-state index contributed by atoms with van der Waals surface area (Å²) < 4.78 is 5.20. The molecule has 0 heterocycles. The van der Waals surface area contributed by atoms with E-state index >= 15 is 0 Å². The predicted molar refractivity (Wildman–Crippen MR) is 76.2 cm³/mol. The molecule has 0 amide bonds. The van der Waals surface area contributed by atoms with Gasteiger partial charge in [-0.25, -0.2) is 0 Å². The summed E-state index contributed by atoms with van der Waals surface area (Å²) in [4.78, 5) is 0. The smallest absolute Gasteiger partial charge is 0.118 e. The van der Waals surface area contributed by atoms with E-state index in [2.05, 4.69) is 49.4 Å². The molecule has 2 aromatic carbocycles. The summed E-state index contributed by atoms with van der Waals surface area (Å²) in [7, 11) is 1.70. The molecule has 2 aromatic rings. The third kappa shape index (κ3) is 3.13. The molecule has 94 valence electrons. The lowest BCUT2D eigenvalue weighted by Gasteiger charge is -2.16. The average Bonchev–Trinajstić information content (AvgIpc) is 2.46. The van der Waals surface area contributed by atoms with Gasteiger partial charge in [-0.3, -0.25) is 0 Å². The van der Waals surface area contributed by atoms with Crippen LogP contribution in [0.15, 0.2) is 54.6 Å². The standard InChI is InChI=1S/C17H20O/c1-3-15(13-14-7-5-4-6-8-14)16-9-11-17(18-2)12-10-16/h4-12,15H,3,13H2,1-2H3. The Hall–Kier alpha value is -1.76. The van der Waals surface area contributed by atoms with Crippen molar-refractivity contribution < 1.29 is 4.74 Å². The van der Waals surface area contributed by atoms with Crippen LogP contribution in [0.3, 0.4) is 0 Å². The molecule has 0 aromatic heterocycles. The van der Waals surface area contributed by atoms with Crippen molar-refractivity contribution in [3.63, 3.8) is 0 Å². The summed E-state index contributed by atoms with van der Waals surface area (Å²) in [5.41, 5.74) is 2.79. The number of ether oxygens (including phenoxy) is 1. The molecular weight excluding hydrogens is 220 g/mol. The maximum atomic E-state index is 5.20. The van der Waals surface area contributed by atoms with E-state index in [4.69, 9.17) is 4.74 Å². The molecule has 1 nitrogen and oxygen atoms in total. The second kappa shape index (κ2) is 6.25. The summed E-state index contributed by atoms with van der Waals surface area (Å²) >= 11 is 0. The highest BCUT2D eigenvalue weighted by molar-refractivity contribution is 5.30. The minimum atomic E-state index is 0.582. The average molecular weight is 240 g/mol. The first-order valence-corrected chi connectivity index (χ1v) is 6.51. The van der Waals surface area contributed by atoms with Gasteiger partial charge in [-0.2, -0.15) is 0 Å². The van der Waals surface area contributed by atoms with E-state index < -0.39 is 0 Å². The van der Waals surface area contributed by atoms with Gasteiger partial charge in [0.2, 0.25) is 0 Å². The van der Waals surface area contributed by atoms with E-state index in [0.29, 0.717) is 5.92 Å². The highest BCUT2D eigenvalue weighted by Gasteiger charge is 2.10. The molecule has 0 fully saturated rings. The molecule has 0 spiro atoms. The van der Waals surface area contributed by atoms with Crippen LogP contribution in [0.25, 0.3) is 0 Å². The first kappa shape index (κ1) is 12.7. The molecule has 18 heavy (non-hydrogen) atoms. The van der Waals surface area contributed by atoms with Gasteiger partial charge in [0.05, 0.1) is 7.11 Å². The normalized spacial score (nSPS) is 12.1. The Morgan fingerprint density at radius 1 is 0.944 bits per heavy atom. The fourth-order valence-corrected chi connectivity index (χ4v) is 2.27. The summed E-state index contributed by atoms with van der Waals surface area (Å²) in [6, 6.07) is 19.1. The molecule has 0 aliphatic rings. The van der Waals surface area contributed by atoms with Crippen LogP contribution in [0.1, 0.15) is 30.4 Å². The molecule has 0 saturated heterocycles. The number of rotatable bonds is 5. The van der Waals surface area contributed by atoms with Gasteiger partial charge in [-0.15, -0.1) is 0 Å². The highest BCUT2D eigenvalue weighted by atomic mass is 16.5. The summed E-state index contributed by atoms with van der Waals surface area (Å²) in [5, 5.41) is 0. The monoisotopic (exact) mass is 240 g/mol. The molecule has 0 aliphatic carbocycles. The molecule has 0 radical (unpaired) electrons. The molecule has 1 unspecified atom stereocenters. The van der Waals surface area contributed by atoms with Crippen molar-refractivity contribution in [2.45, 2.75) is 25.7 Å². The van der Waals surface area contributed by atoms with Crippen molar-refractivity contribution in [2.24, 2.45) is 0 Å². The third-order valence-electron chi connectivity index (χ3n) is 3.40. The highest BCUT2D eigenvalue weighted by Crippen LogP contribution is 2.25. The van der Waals surface area contributed by atoms with Crippen molar-refractivity contribution in [1.29, 1.82) is 0 Å². The lowest BCUT2D eigenvalue weighted by Crippen LogP contribution is -2.01. The molecule has 1 heteroatoms. The van der Waals surface area contributed by atoms with Crippen LogP contribution >= 0.6 is 0 Å². The Morgan fingerprint density at radius 2 is 1.61 bits per heavy atom. The zero-order valence-corrected chi connectivity index (χ0v) is 11.1. The van der Waals surface area contributed by atoms with E-state index in [1.807, 2.05) is 12.1 Å². The van der Waals surface area contributed by atoms with E-state index in [-0.39, 0.29) is 0 Å². The largest absolute Gasteiger partial charge is 0.497 e. The van der Waals surface area contributed by atoms with Crippen LogP contribution in [-0.2, 0) is 6.42 Å². The van der Waals surface area contributed by atoms with Crippen molar-refractivity contribution in [1.82, 2.24) is 0 Å². The summed E-state index contributed by atoms with van der Waals surface area (Å²) in [6.45, 7) is 2.25. The Labute approximate surface area is 109 Å². The van der Waals surface area contributed by atoms with Crippen LogP contribution in [0.2, 0.25) is 0 Å². The lowest BCUT2D eigenvalue weighted by molar-refractivity contribution is 0.414. The van der Waals surface area contributed by atoms with E-state index in [0.717, 1.165) is 18.6 Å². The lowest BCUT2D eigenvalue weighted by atomic mass is 9.90. The number of benzene rings is 2. The molecule has 0 saturated carbocycles. The van der Waals surface area contributed by atoms with Crippen LogP contribution in [-0.4, -0.2) is 7.11 Å². The van der Waals surface area contributed by atoms with E-state index in [1.54, 1.807) is 7.11 Å². The number of methoxy groups -OCH3 is 1. The molecule has 1 atom stereocenters. The quantitative estimate of drug-likeness (QED) is 0.751. The predicted octanol–water partition coefficient (Wildman–Crippen LogP) is 4.43. The maximum absolute atomic E-state index is 5.20. The third-order valence-corrected chi connectivity index (χ3v) is 3.40. The molecule has 0 bridgehead atoms. The minimum absolute atomic E-state index is 0.582. The fourth-order valence-electron chi connectivity index (χ4n) is 2.27. The number of hydrogen-bond acceptors (Lipinski definition) is 1. The second-order valence-electron chi connectivity index (χ2n) is 4.57. The zero-order valence-electron chi connectivity index (χ0n) is 11.1. The van der Waals surface area contributed by atoms with Gasteiger partial charge in [0.15, 0.2) is 0 Å². The fraction of sp³-hybridized carbons (Fsp3) is 0.294. The zero-order chi connectivity index (χ0) is 12.8. The van der Waals surface area contributed by atoms with Gasteiger partial charge in [0.25, 0.3) is 0 Å². The second-order valence-corrected chi connectivity index (χ2v) is 4.57. The molecular formula is C17H20O. The minimum Gasteiger partial charge on any atom is -0.497 e. The van der Waals surface area contributed by atoms with E-state index in [1.165, 1.54) is 11.1 Å². The first-order chi connectivity index (χ1) is 8.83. The van der Waals surface area contributed by atoms with Crippen molar-refractivity contribution in [2.75, 3.05) is 7.11 Å². The summed E-state index contributed by atoms with van der Waals surface area (Å²) in [6.07, 6.45) is 2.25. The molecule has 0 N–H and O–H groups in total. The van der Waals surface area contributed by atoms with Gasteiger partial charge in [0.1, 0.15) is 5.75 Å². The van der Waals surface area contributed by atoms with Gasteiger partial charge in [-0.1, -0.05) is 49.4 Å². The SMILES string of the molecule is CCC(Cc1ccccc1)c1ccc(OC)cc1. The van der Waals surface area contributed by atoms with Crippen molar-refractivity contribution >= 4 is 0 Å². The Kier molecular flexibility index (Phi) is 4.40. The van der Waals surface area contributed by atoms with Crippen LogP contribution in [0, 0.1) is 0 Å². The number of hydrogen-bond donors (Lipinski definition) is 0. The van der Waals surface area contributed by atoms with Crippen molar-refractivity contribution in [3.8, 4) is 5.75 Å². The molecule has 0 aliphatic heterocycles. The van der Waals surface area contributed by atoms with Gasteiger partial charge < -0.3 is 4.74 Å². The van der Waals surface area contributed by atoms with Gasteiger partial charge in [-0.05, 0) is 42.0 Å². The van der Waals surface area contributed by atoms with Crippen LogP contribution in [0.4, 0.5) is 0 Å². The van der Waals surface area contributed by atoms with Crippen LogP contribution in [0.5, 0.6) is 5.75 Å². The Balaban J connectivity index is 2.12. The maximum Gasteiger partial charge on any atom is 0.118 e. The Morgan fingerprint density at radius 3 is 2.17 bits per heavy atom. The topological polar surface area (TPSA) is 9.23 Å². The summed E-state index contributed by atoms with van der Waals surface area (Å²) in [5.74, 6) is 1.51. The van der Waals surface area contributed by atoms with Crippen LogP contribution < -0.4 is 4.74 Å². The van der Waals surface area contributed by atoms with Crippen molar-refractivity contribution in [3.05, 3.63) is 65.7 Å². The van der Waals surface area contributed by atoms with Gasteiger partial charge in [0, 0.05) is 0 Å². The van der Waals surface area contributed by atoms with Gasteiger partial charge >= 0.3 is 0 Å². The molecule has 2 rings (SSSR count).